The summed E-state index contributed by atoms with van der Waals surface area (Å²) in [4.78, 5) is 0. The lowest BCUT2D eigenvalue weighted by molar-refractivity contribution is 0.101. The molecule has 0 aromatic heterocycles. The molecule has 22 heavy (non-hydrogen) atoms. The van der Waals surface area contributed by atoms with E-state index in [9.17, 15) is 0 Å². The molecule has 0 saturated carbocycles. The number of ether oxygens (including phenoxy) is 3. The Kier molecular flexibility index (Phi) is 9.13. The summed E-state index contributed by atoms with van der Waals surface area (Å²) in [7, 11) is 1.72. The Bertz CT molecular complexity index is 402. The predicted molar refractivity (Wildman–Crippen MR) is 90.8 cm³/mol. The maximum atomic E-state index is 5.86. The smallest absolute Gasteiger partial charge is 0.123 e. The SMILES string of the molecule is COCCCNCCOCCOc1ccccc1C(C)(C)C. The van der Waals surface area contributed by atoms with Gasteiger partial charge in [-0.15, -0.1) is 0 Å². The van der Waals surface area contributed by atoms with Gasteiger partial charge < -0.3 is 19.5 Å². The highest BCUT2D eigenvalue weighted by atomic mass is 16.5. The van der Waals surface area contributed by atoms with Gasteiger partial charge in [-0.3, -0.25) is 0 Å². The van der Waals surface area contributed by atoms with E-state index in [0.717, 1.165) is 31.9 Å². The van der Waals surface area contributed by atoms with E-state index in [2.05, 4.69) is 38.2 Å². The Morgan fingerprint density at radius 3 is 2.45 bits per heavy atom. The van der Waals surface area contributed by atoms with Crippen LogP contribution in [-0.4, -0.2) is 46.6 Å². The lowest BCUT2D eigenvalue weighted by Gasteiger charge is -2.22. The highest BCUT2D eigenvalue weighted by molar-refractivity contribution is 5.38. The predicted octanol–water partition coefficient (Wildman–Crippen LogP) is 3.01. The van der Waals surface area contributed by atoms with Crippen molar-refractivity contribution in [3.05, 3.63) is 29.8 Å². The molecule has 1 aromatic carbocycles. The van der Waals surface area contributed by atoms with Crippen molar-refractivity contribution in [2.45, 2.75) is 32.6 Å². The molecule has 0 radical (unpaired) electrons. The van der Waals surface area contributed by atoms with Crippen molar-refractivity contribution in [1.29, 1.82) is 0 Å². The summed E-state index contributed by atoms with van der Waals surface area (Å²) < 4.78 is 16.4. The topological polar surface area (TPSA) is 39.7 Å². The third-order valence-electron chi connectivity index (χ3n) is 3.31. The first-order valence-electron chi connectivity index (χ1n) is 8.05. The summed E-state index contributed by atoms with van der Waals surface area (Å²) >= 11 is 0. The van der Waals surface area contributed by atoms with Gasteiger partial charge in [0.05, 0.1) is 13.2 Å². The highest BCUT2D eigenvalue weighted by Gasteiger charge is 2.18. The fourth-order valence-electron chi connectivity index (χ4n) is 2.14. The van der Waals surface area contributed by atoms with Gasteiger partial charge in [0.15, 0.2) is 0 Å². The molecule has 0 amide bonds. The Labute approximate surface area is 135 Å². The second-order valence-corrected chi connectivity index (χ2v) is 6.30. The van der Waals surface area contributed by atoms with E-state index < -0.39 is 0 Å². The summed E-state index contributed by atoms with van der Waals surface area (Å²) in [6, 6.07) is 8.21. The molecule has 0 aliphatic heterocycles. The first kappa shape index (κ1) is 18.9. The van der Waals surface area contributed by atoms with Crippen molar-refractivity contribution in [2.75, 3.05) is 46.6 Å². The normalized spacial score (nSPS) is 11.6. The molecule has 4 heteroatoms. The number of hydrogen-bond acceptors (Lipinski definition) is 4. The largest absolute Gasteiger partial charge is 0.491 e. The molecule has 0 fully saturated rings. The van der Waals surface area contributed by atoms with Gasteiger partial charge in [0.1, 0.15) is 12.4 Å². The molecule has 0 atom stereocenters. The maximum Gasteiger partial charge on any atom is 0.123 e. The molecule has 0 aliphatic carbocycles. The van der Waals surface area contributed by atoms with Crippen LogP contribution in [0.1, 0.15) is 32.8 Å². The Balaban J connectivity index is 2.13. The summed E-state index contributed by atoms with van der Waals surface area (Å²) in [6.07, 6.45) is 1.03. The van der Waals surface area contributed by atoms with E-state index in [4.69, 9.17) is 14.2 Å². The van der Waals surface area contributed by atoms with Gasteiger partial charge in [-0.1, -0.05) is 39.0 Å². The van der Waals surface area contributed by atoms with E-state index in [1.165, 1.54) is 5.56 Å². The first-order chi connectivity index (χ1) is 10.6. The van der Waals surface area contributed by atoms with Crippen LogP contribution in [0.4, 0.5) is 0 Å². The number of para-hydroxylation sites is 1. The van der Waals surface area contributed by atoms with Crippen molar-refractivity contribution in [1.82, 2.24) is 5.32 Å². The molecule has 0 aliphatic rings. The lowest BCUT2D eigenvalue weighted by Crippen LogP contribution is -2.23. The van der Waals surface area contributed by atoms with Crippen LogP contribution in [0, 0.1) is 0 Å². The fourth-order valence-corrected chi connectivity index (χ4v) is 2.14. The second-order valence-electron chi connectivity index (χ2n) is 6.30. The fraction of sp³-hybridized carbons (Fsp3) is 0.667. The van der Waals surface area contributed by atoms with E-state index in [1.54, 1.807) is 7.11 Å². The molecule has 1 aromatic rings. The van der Waals surface area contributed by atoms with E-state index in [1.807, 2.05) is 12.1 Å². The minimum absolute atomic E-state index is 0.0869. The van der Waals surface area contributed by atoms with Crippen molar-refractivity contribution in [3.63, 3.8) is 0 Å². The third-order valence-corrected chi connectivity index (χ3v) is 3.31. The zero-order valence-electron chi connectivity index (χ0n) is 14.5. The molecule has 4 nitrogen and oxygen atoms in total. The van der Waals surface area contributed by atoms with Crippen LogP contribution in [0.25, 0.3) is 0 Å². The Hall–Kier alpha value is -1.10. The Morgan fingerprint density at radius 2 is 1.73 bits per heavy atom. The monoisotopic (exact) mass is 309 g/mol. The van der Waals surface area contributed by atoms with Crippen LogP contribution in [-0.2, 0) is 14.9 Å². The van der Waals surface area contributed by atoms with Gasteiger partial charge in [0, 0.05) is 20.3 Å². The highest BCUT2D eigenvalue weighted by Crippen LogP contribution is 2.30. The summed E-state index contributed by atoms with van der Waals surface area (Å²) in [5.74, 6) is 0.955. The molecule has 0 spiro atoms. The number of hydrogen-bond donors (Lipinski definition) is 1. The molecule has 0 heterocycles. The van der Waals surface area contributed by atoms with Crippen molar-refractivity contribution >= 4 is 0 Å². The average Bonchev–Trinajstić information content (AvgIpc) is 2.48. The van der Waals surface area contributed by atoms with Gasteiger partial charge in [-0.25, -0.2) is 0 Å². The molecule has 126 valence electrons. The molecule has 1 rings (SSSR count). The molecule has 1 N–H and O–H groups in total. The van der Waals surface area contributed by atoms with Gasteiger partial charge in [-0.05, 0) is 30.0 Å². The number of benzene rings is 1. The summed E-state index contributed by atoms with van der Waals surface area (Å²) in [6.45, 7) is 11.1. The molecule has 0 unspecified atom stereocenters. The Morgan fingerprint density at radius 1 is 0.955 bits per heavy atom. The quantitative estimate of drug-likeness (QED) is 0.638. The summed E-state index contributed by atoms with van der Waals surface area (Å²) in [5, 5.41) is 3.31. The van der Waals surface area contributed by atoms with Crippen LogP contribution in [0.5, 0.6) is 5.75 Å². The van der Waals surface area contributed by atoms with Crippen LogP contribution in [0.15, 0.2) is 24.3 Å². The van der Waals surface area contributed by atoms with Crippen LogP contribution < -0.4 is 10.1 Å². The standard InChI is InChI=1S/C18H31NO3/c1-18(2,3)16-8-5-6-9-17(16)22-15-14-21-13-11-19-10-7-12-20-4/h5-6,8-9,19H,7,10-15H2,1-4H3. The number of nitrogens with one attached hydrogen (secondary N) is 1. The van der Waals surface area contributed by atoms with Crippen LogP contribution >= 0.6 is 0 Å². The van der Waals surface area contributed by atoms with Gasteiger partial charge in [-0.2, -0.15) is 0 Å². The van der Waals surface area contributed by atoms with Crippen molar-refractivity contribution < 1.29 is 14.2 Å². The second kappa shape index (κ2) is 10.6. The van der Waals surface area contributed by atoms with Gasteiger partial charge in [0.2, 0.25) is 0 Å². The number of methoxy groups -OCH3 is 1. The van der Waals surface area contributed by atoms with Crippen molar-refractivity contribution in [2.24, 2.45) is 0 Å². The molecule has 0 saturated heterocycles. The minimum atomic E-state index is 0.0869. The average molecular weight is 309 g/mol. The number of rotatable bonds is 11. The van der Waals surface area contributed by atoms with Crippen LogP contribution in [0.2, 0.25) is 0 Å². The molecular formula is C18H31NO3. The third kappa shape index (κ3) is 7.78. The molecule has 0 bridgehead atoms. The maximum absolute atomic E-state index is 5.86. The first-order valence-corrected chi connectivity index (χ1v) is 8.05. The van der Waals surface area contributed by atoms with Crippen molar-refractivity contribution in [3.8, 4) is 5.75 Å². The zero-order chi connectivity index (χ0) is 16.3. The van der Waals surface area contributed by atoms with Gasteiger partial charge >= 0.3 is 0 Å². The zero-order valence-corrected chi connectivity index (χ0v) is 14.5. The summed E-state index contributed by atoms with van der Waals surface area (Å²) in [5.41, 5.74) is 1.32. The van der Waals surface area contributed by atoms with Crippen LogP contribution in [0.3, 0.4) is 0 Å². The van der Waals surface area contributed by atoms with E-state index in [0.29, 0.717) is 19.8 Å². The lowest BCUT2D eigenvalue weighted by atomic mass is 9.86. The molecular weight excluding hydrogens is 278 g/mol. The van der Waals surface area contributed by atoms with E-state index in [-0.39, 0.29) is 5.41 Å². The minimum Gasteiger partial charge on any atom is -0.491 e. The van der Waals surface area contributed by atoms with E-state index >= 15 is 0 Å². The van der Waals surface area contributed by atoms with Gasteiger partial charge in [0.25, 0.3) is 0 Å².